The number of alkyl halides is 3. The molecule has 0 spiro atoms. The maximum absolute atomic E-state index is 12.0. The number of hydrogen-bond acceptors (Lipinski definition) is 0. The van der Waals surface area contributed by atoms with Crippen LogP contribution in [-0.2, 0) is 6.18 Å². The topological polar surface area (TPSA) is 23.8 Å². The van der Waals surface area contributed by atoms with E-state index >= 15 is 0 Å². The van der Waals surface area contributed by atoms with Gasteiger partial charge in [-0.15, -0.1) is 0 Å². The van der Waals surface area contributed by atoms with Gasteiger partial charge in [0.1, 0.15) is 0 Å². The third-order valence-corrected chi connectivity index (χ3v) is 1.62. The van der Waals surface area contributed by atoms with E-state index in [9.17, 15) is 13.2 Å². The van der Waals surface area contributed by atoms with Crippen LogP contribution >= 0.6 is 11.6 Å². The minimum atomic E-state index is -4.40. The molecular formula is C7H4ClF3N. The van der Waals surface area contributed by atoms with Crippen LogP contribution < -0.4 is 5.73 Å². The van der Waals surface area contributed by atoms with Crippen molar-refractivity contribution in [1.82, 2.24) is 5.73 Å². The average Bonchev–Trinajstić information content (AvgIpc) is 1.92. The van der Waals surface area contributed by atoms with Gasteiger partial charge in [-0.05, 0) is 18.2 Å². The Morgan fingerprint density at radius 2 is 1.83 bits per heavy atom. The Bertz CT molecular complexity index is 295. The van der Waals surface area contributed by atoms with Crippen LogP contribution in [-0.4, -0.2) is 0 Å². The molecule has 12 heavy (non-hydrogen) atoms. The molecule has 1 aromatic rings. The molecule has 0 aliphatic carbocycles. The summed E-state index contributed by atoms with van der Waals surface area (Å²) in [5, 5.41) is 0.0167. The van der Waals surface area contributed by atoms with Crippen molar-refractivity contribution >= 4 is 17.3 Å². The summed E-state index contributed by atoms with van der Waals surface area (Å²) in [5.41, 5.74) is 5.84. The Kier molecular flexibility index (Phi) is 2.19. The SMILES string of the molecule is [NH]c1cc(C(F)(F)F)ccc1Cl. The lowest BCUT2D eigenvalue weighted by molar-refractivity contribution is -0.137. The summed E-state index contributed by atoms with van der Waals surface area (Å²) in [4.78, 5) is 0. The highest BCUT2D eigenvalue weighted by molar-refractivity contribution is 6.32. The van der Waals surface area contributed by atoms with Gasteiger partial charge in [-0.3, -0.25) is 5.73 Å². The monoisotopic (exact) mass is 194 g/mol. The lowest BCUT2D eigenvalue weighted by Crippen LogP contribution is -2.04. The van der Waals surface area contributed by atoms with Gasteiger partial charge in [-0.2, -0.15) is 13.2 Å². The molecule has 0 bridgehead atoms. The van der Waals surface area contributed by atoms with Crippen molar-refractivity contribution in [3.05, 3.63) is 28.8 Å². The lowest BCUT2D eigenvalue weighted by Gasteiger charge is -2.06. The first-order valence-electron chi connectivity index (χ1n) is 2.99. The molecule has 0 aromatic heterocycles. The van der Waals surface area contributed by atoms with Gasteiger partial charge in [0.15, 0.2) is 0 Å². The fourth-order valence-electron chi connectivity index (χ4n) is 0.702. The van der Waals surface area contributed by atoms with Crippen LogP contribution in [0.4, 0.5) is 18.9 Å². The van der Waals surface area contributed by atoms with Gasteiger partial charge in [-0.1, -0.05) is 11.6 Å². The third kappa shape index (κ3) is 1.82. The maximum Gasteiger partial charge on any atom is 0.416 e. The largest absolute Gasteiger partial charge is 0.416 e. The predicted molar refractivity (Wildman–Crippen MR) is 39.2 cm³/mol. The number of rotatable bonds is 0. The van der Waals surface area contributed by atoms with Crippen LogP contribution in [0.2, 0.25) is 5.02 Å². The van der Waals surface area contributed by atoms with Crippen molar-refractivity contribution in [3.63, 3.8) is 0 Å². The minimum Gasteiger partial charge on any atom is -0.299 e. The lowest BCUT2D eigenvalue weighted by atomic mass is 10.2. The molecule has 0 atom stereocenters. The molecule has 1 N–H and O–H groups in total. The van der Waals surface area contributed by atoms with E-state index < -0.39 is 11.7 Å². The first-order chi connectivity index (χ1) is 5.41. The van der Waals surface area contributed by atoms with Crippen molar-refractivity contribution in [3.8, 4) is 0 Å². The number of halogens is 4. The number of hydrogen-bond donors (Lipinski definition) is 0. The first kappa shape index (κ1) is 9.19. The van der Waals surface area contributed by atoms with E-state index in [1.165, 1.54) is 0 Å². The van der Waals surface area contributed by atoms with E-state index in [2.05, 4.69) is 0 Å². The summed E-state index contributed by atoms with van der Waals surface area (Å²) in [5.74, 6) is 0. The summed E-state index contributed by atoms with van der Waals surface area (Å²) in [6, 6.07) is 2.61. The molecule has 5 heteroatoms. The number of nitrogens with one attached hydrogen (secondary N) is 1. The van der Waals surface area contributed by atoms with Crippen molar-refractivity contribution in [2.24, 2.45) is 0 Å². The van der Waals surface area contributed by atoms with Gasteiger partial charge in [0.05, 0.1) is 16.3 Å². The van der Waals surface area contributed by atoms with E-state index in [-0.39, 0.29) is 10.7 Å². The molecule has 1 radical (unpaired) electrons. The second kappa shape index (κ2) is 2.86. The van der Waals surface area contributed by atoms with Crippen molar-refractivity contribution in [2.45, 2.75) is 6.18 Å². The summed E-state index contributed by atoms with van der Waals surface area (Å²) in [6.07, 6.45) is -4.40. The molecule has 0 heterocycles. The zero-order chi connectivity index (χ0) is 9.35. The molecule has 1 aromatic carbocycles. The highest BCUT2D eigenvalue weighted by atomic mass is 35.5. The molecule has 0 saturated heterocycles. The molecule has 0 amide bonds. The molecule has 1 nitrogen and oxygen atoms in total. The zero-order valence-corrected chi connectivity index (χ0v) is 6.50. The Balaban J connectivity index is 3.14. The summed E-state index contributed by atoms with van der Waals surface area (Å²) in [7, 11) is 0. The minimum absolute atomic E-state index is 0.0167. The van der Waals surface area contributed by atoms with E-state index in [1.807, 2.05) is 0 Å². The fraction of sp³-hybridized carbons (Fsp3) is 0.143. The molecule has 1 rings (SSSR count). The zero-order valence-electron chi connectivity index (χ0n) is 5.74. The van der Waals surface area contributed by atoms with E-state index in [4.69, 9.17) is 17.3 Å². The van der Waals surface area contributed by atoms with Gasteiger partial charge in [0.25, 0.3) is 0 Å². The van der Waals surface area contributed by atoms with Crippen LogP contribution in [0.3, 0.4) is 0 Å². The van der Waals surface area contributed by atoms with Gasteiger partial charge in [0.2, 0.25) is 0 Å². The standard InChI is InChI=1S/C7H4ClF3N/c8-5-2-1-4(3-6(5)12)7(9,10)11/h1-3,12H. The Morgan fingerprint density at radius 1 is 1.25 bits per heavy atom. The quantitative estimate of drug-likeness (QED) is 0.605. The predicted octanol–water partition coefficient (Wildman–Crippen LogP) is 3.27. The molecular weight excluding hydrogens is 191 g/mol. The van der Waals surface area contributed by atoms with E-state index in [0.717, 1.165) is 12.1 Å². The second-order valence-electron chi connectivity index (χ2n) is 2.19. The van der Waals surface area contributed by atoms with Crippen molar-refractivity contribution < 1.29 is 13.2 Å². The van der Waals surface area contributed by atoms with Crippen molar-refractivity contribution in [2.75, 3.05) is 0 Å². The summed E-state index contributed by atoms with van der Waals surface area (Å²) >= 11 is 5.38. The van der Waals surface area contributed by atoms with Gasteiger partial charge < -0.3 is 0 Å². The highest BCUT2D eigenvalue weighted by Gasteiger charge is 2.30. The smallest absolute Gasteiger partial charge is 0.299 e. The van der Waals surface area contributed by atoms with Crippen LogP contribution in [0.15, 0.2) is 18.2 Å². The van der Waals surface area contributed by atoms with Gasteiger partial charge in [0, 0.05) is 0 Å². The maximum atomic E-state index is 12.0. The molecule has 0 aliphatic heterocycles. The van der Waals surface area contributed by atoms with Crippen LogP contribution in [0, 0.1) is 0 Å². The Labute approximate surface area is 71.9 Å². The summed E-state index contributed by atoms with van der Waals surface area (Å²) in [6.45, 7) is 0. The summed E-state index contributed by atoms with van der Waals surface area (Å²) < 4.78 is 35.9. The van der Waals surface area contributed by atoms with Gasteiger partial charge in [-0.25, -0.2) is 0 Å². The average molecular weight is 195 g/mol. The molecule has 0 fully saturated rings. The van der Waals surface area contributed by atoms with Crippen LogP contribution in [0.1, 0.15) is 5.56 Å². The molecule has 65 valence electrons. The van der Waals surface area contributed by atoms with E-state index in [0.29, 0.717) is 6.07 Å². The van der Waals surface area contributed by atoms with E-state index in [1.54, 1.807) is 0 Å². The normalized spacial score (nSPS) is 11.7. The third-order valence-electron chi connectivity index (χ3n) is 1.29. The molecule has 0 saturated carbocycles. The fourth-order valence-corrected chi connectivity index (χ4v) is 0.819. The van der Waals surface area contributed by atoms with Gasteiger partial charge >= 0.3 is 6.18 Å². The van der Waals surface area contributed by atoms with Crippen LogP contribution in [0.5, 0.6) is 0 Å². The highest BCUT2D eigenvalue weighted by Crippen LogP contribution is 2.32. The van der Waals surface area contributed by atoms with Crippen molar-refractivity contribution in [1.29, 1.82) is 0 Å². The molecule has 0 aliphatic rings. The molecule has 0 unspecified atom stereocenters. The van der Waals surface area contributed by atoms with Crippen LogP contribution in [0.25, 0.3) is 0 Å². The Morgan fingerprint density at radius 3 is 2.25 bits per heavy atom. The first-order valence-corrected chi connectivity index (χ1v) is 3.37. The Hall–Kier alpha value is -0.900. The number of benzene rings is 1. The second-order valence-corrected chi connectivity index (χ2v) is 2.60.